The van der Waals surface area contributed by atoms with Crippen LogP contribution in [0.5, 0.6) is 0 Å². The molecule has 0 aromatic heterocycles. The highest BCUT2D eigenvalue weighted by atomic mass is 19.1. The summed E-state index contributed by atoms with van der Waals surface area (Å²) in [7, 11) is 0. The Kier molecular flexibility index (Phi) is 7.44. The first-order chi connectivity index (χ1) is 15.5. The molecule has 182 valence electrons. The highest BCUT2D eigenvalue weighted by Gasteiger charge is 2.53. The molecular weight excluding hydrogens is 433 g/mol. The van der Waals surface area contributed by atoms with Crippen molar-refractivity contribution in [1.82, 2.24) is 9.80 Å². The van der Waals surface area contributed by atoms with Gasteiger partial charge >= 0.3 is 17.9 Å². The first-order valence-corrected chi connectivity index (χ1v) is 11.5. The van der Waals surface area contributed by atoms with Gasteiger partial charge in [-0.05, 0) is 50.7 Å². The van der Waals surface area contributed by atoms with Crippen molar-refractivity contribution in [2.75, 3.05) is 26.2 Å². The summed E-state index contributed by atoms with van der Waals surface area (Å²) in [5, 5.41) is 11.4. The fourth-order valence-corrected chi connectivity index (χ4v) is 4.26. The van der Waals surface area contributed by atoms with Crippen LogP contribution in [0.1, 0.15) is 64.9 Å². The lowest BCUT2D eigenvalue weighted by Crippen LogP contribution is -2.53. The third-order valence-corrected chi connectivity index (χ3v) is 6.20. The maximum Gasteiger partial charge on any atom is 0.413 e. The summed E-state index contributed by atoms with van der Waals surface area (Å²) >= 11 is 0. The molecule has 1 aromatic carbocycles. The van der Waals surface area contributed by atoms with Crippen molar-refractivity contribution in [3.63, 3.8) is 0 Å². The first-order valence-electron chi connectivity index (χ1n) is 11.5. The monoisotopic (exact) mass is 465 g/mol. The zero-order valence-corrected chi connectivity index (χ0v) is 19.5. The van der Waals surface area contributed by atoms with Gasteiger partial charge in [0.15, 0.2) is 0 Å². The van der Waals surface area contributed by atoms with Gasteiger partial charge in [0.25, 0.3) is 5.79 Å². The number of nitro groups is 1. The Morgan fingerprint density at radius 3 is 1.76 bits per heavy atom. The van der Waals surface area contributed by atoms with Crippen LogP contribution < -0.4 is 0 Å². The van der Waals surface area contributed by atoms with Gasteiger partial charge in [0.05, 0.1) is 4.92 Å². The molecule has 0 spiro atoms. The van der Waals surface area contributed by atoms with Crippen molar-refractivity contribution in [2.45, 2.75) is 65.1 Å². The van der Waals surface area contributed by atoms with Crippen molar-refractivity contribution in [3.8, 4) is 0 Å². The van der Waals surface area contributed by atoms with Crippen molar-refractivity contribution in [1.29, 1.82) is 0 Å². The van der Waals surface area contributed by atoms with Gasteiger partial charge in [-0.2, -0.15) is 4.39 Å². The maximum absolute atomic E-state index is 14.1. The molecule has 2 fully saturated rings. The molecule has 0 unspecified atom stereocenters. The standard InChI is InChI=1S/C23H32FN3O6/c1-22(2,3)23(32-20(28)25-12-6-4-7-13-25,33-21(29)26-14-8-5-9-15-26)17-10-11-18(24)19(16-17)27(30)31/h10-11,16H,4-9,12-15H2,1-3H3. The molecular formula is C23H32FN3O6. The number of carbonyl (C=O) groups is 2. The number of amides is 2. The molecule has 2 aliphatic rings. The van der Waals surface area contributed by atoms with Crippen LogP contribution in [-0.2, 0) is 15.3 Å². The maximum atomic E-state index is 14.1. The van der Waals surface area contributed by atoms with Gasteiger partial charge < -0.3 is 19.3 Å². The van der Waals surface area contributed by atoms with E-state index in [0.717, 1.165) is 50.7 Å². The second-order valence-corrected chi connectivity index (χ2v) is 9.62. The summed E-state index contributed by atoms with van der Waals surface area (Å²) in [6, 6.07) is 3.17. The van der Waals surface area contributed by atoms with Crippen molar-refractivity contribution >= 4 is 17.9 Å². The van der Waals surface area contributed by atoms with E-state index in [9.17, 15) is 24.1 Å². The molecule has 0 atom stereocenters. The summed E-state index contributed by atoms with van der Waals surface area (Å²) in [6.07, 6.45) is 3.96. The number of carbonyl (C=O) groups excluding carboxylic acids is 2. The van der Waals surface area contributed by atoms with Crippen molar-refractivity contribution in [2.24, 2.45) is 5.41 Å². The van der Waals surface area contributed by atoms with Crippen LogP contribution in [0.3, 0.4) is 0 Å². The summed E-state index contributed by atoms with van der Waals surface area (Å²) < 4.78 is 26.0. The van der Waals surface area contributed by atoms with Crippen LogP contribution in [0.2, 0.25) is 0 Å². The Labute approximate surface area is 193 Å². The molecule has 0 bridgehead atoms. The summed E-state index contributed by atoms with van der Waals surface area (Å²) in [5.74, 6) is -3.04. The third kappa shape index (κ3) is 5.36. The van der Waals surface area contributed by atoms with Crippen LogP contribution in [0.4, 0.5) is 19.7 Å². The number of benzene rings is 1. The van der Waals surface area contributed by atoms with E-state index in [2.05, 4.69) is 0 Å². The molecule has 0 radical (unpaired) electrons. The number of hydrogen-bond acceptors (Lipinski definition) is 6. The van der Waals surface area contributed by atoms with Gasteiger partial charge in [0, 0.05) is 43.2 Å². The number of halogens is 1. The molecule has 2 heterocycles. The fraction of sp³-hybridized carbons (Fsp3) is 0.652. The molecule has 33 heavy (non-hydrogen) atoms. The van der Waals surface area contributed by atoms with Gasteiger partial charge in [0.2, 0.25) is 5.82 Å². The van der Waals surface area contributed by atoms with Crippen LogP contribution in [0.15, 0.2) is 18.2 Å². The Bertz CT molecular complexity index is 857. The second-order valence-electron chi connectivity index (χ2n) is 9.62. The van der Waals surface area contributed by atoms with E-state index in [-0.39, 0.29) is 5.56 Å². The fourth-order valence-electron chi connectivity index (χ4n) is 4.26. The normalized spacial score (nSPS) is 17.5. The topological polar surface area (TPSA) is 102 Å². The third-order valence-electron chi connectivity index (χ3n) is 6.20. The highest BCUT2D eigenvalue weighted by molar-refractivity contribution is 5.71. The van der Waals surface area contributed by atoms with Crippen LogP contribution in [0, 0.1) is 21.3 Å². The number of nitro benzene ring substituents is 1. The minimum Gasteiger partial charge on any atom is -0.401 e. The quantitative estimate of drug-likeness (QED) is 0.345. The van der Waals surface area contributed by atoms with E-state index in [1.807, 2.05) is 0 Å². The summed E-state index contributed by atoms with van der Waals surface area (Å²) in [6.45, 7) is 7.12. The van der Waals surface area contributed by atoms with E-state index >= 15 is 0 Å². The van der Waals surface area contributed by atoms with Gasteiger partial charge in [-0.25, -0.2) is 9.59 Å². The van der Waals surface area contributed by atoms with Crippen LogP contribution in [-0.4, -0.2) is 53.1 Å². The zero-order chi connectivity index (χ0) is 24.2. The minimum atomic E-state index is -2.01. The number of likely N-dealkylation sites (tertiary alicyclic amines) is 2. The average molecular weight is 466 g/mol. The Morgan fingerprint density at radius 2 is 1.36 bits per heavy atom. The Morgan fingerprint density at radius 1 is 0.909 bits per heavy atom. The molecule has 2 amide bonds. The molecule has 1 aromatic rings. The zero-order valence-electron chi connectivity index (χ0n) is 19.5. The van der Waals surface area contributed by atoms with Crippen molar-refractivity contribution in [3.05, 3.63) is 39.7 Å². The van der Waals surface area contributed by atoms with E-state index in [0.29, 0.717) is 26.2 Å². The number of nitrogens with zero attached hydrogens (tertiary/aromatic N) is 3. The molecule has 3 rings (SSSR count). The highest BCUT2D eigenvalue weighted by Crippen LogP contribution is 2.46. The number of ether oxygens (including phenoxy) is 2. The van der Waals surface area contributed by atoms with Gasteiger partial charge in [-0.15, -0.1) is 0 Å². The van der Waals surface area contributed by atoms with E-state index < -0.39 is 39.8 Å². The average Bonchev–Trinajstić information content (AvgIpc) is 2.79. The number of rotatable bonds is 4. The lowest BCUT2D eigenvalue weighted by Gasteiger charge is -2.44. The lowest BCUT2D eigenvalue weighted by molar-refractivity contribution is -0.387. The molecule has 0 N–H and O–H groups in total. The smallest absolute Gasteiger partial charge is 0.401 e. The van der Waals surface area contributed by atoms with E-state index in [4.69, 9.17) is 9.47 Å². The number of piperidine rings is 2. The van der Waals surface area contributed by atoms with Crippen LogP contribution in [0.25, 0.3) is 0 Å². The largest absolute Gasteiger partial charge is 0.413 e. The number of hydrogen-bond donors (Lipinski definition) is 0. The van der Waals surface area contributed by atoms with Crippen LogP contribution >= 0.6 is 0 Å². The molecule has 2 saturated heterocycles. The lowest BCUT2D eigenvalue weighted by atomic mass is 9.80. The summed E-state index contributed by atoms with van der Waals surface area (Å²) in [4.78, 5) is 40.0. The molecule has 0 saturated carbocycles. The molecule has 10 heteroatoms. The van der Waals surface area contributed by atoms with E-state index in [1.54, 1.807) is 20.8 Å². The summed E-state index contributed by atoms with van der Waals surface area (Å²) in [5.41, 5.74) is -1.79. The van der Waals surface area contributed by atoms with Gasteiger partial charge in [-0.3, -0.25) is 10.1 Å². The van der Waals surface area contributed by atoms with E-state index in [1.165, 1.54) is 15.9 Å². The predicted molar refractivity (Wildman–Crippen MR) is 118 cm³/mol. The SMILES string of the molecule is CC(C)(C)C(OC(=O)N1CCCCC1)(OC(=O)N1CCCCC1)c1ccc(F)c([N+](=O)[O-])c1. The molecule has 2 aliphatic heterocycles. The Balaban J connectivity index is 2.06. The van der Waals surface area contributed by atoms with Crippen molar-refractivity contribution < 1.29 is 28.4 Å². The molecule has 0 aliphatic carbocycles. The van der Waals surface area contributed by atoms with Gasteiger partial charge in [0.1, 0.15) is 0 Å². The van der Waals surface area contributed by atoms with Gasteiger partial charge in [-0.1, -0.05) is 20.8 Å². The molecule has 9 nitrogen and oxygen atoms in total. The first kappa shape index (κ1) is 24.7. The predicted octanol–water partition coefficient (Wildman–Crippen LogP) is 5.18. The minimum absolute atomic E-state index is 0.0267. The second kappa shape index (κ2) is 9.93. The Hall–Kier alpha value is -2.91.